The lowest BCUT2D eigenvalue weighted by atomic mass is 10.4. The van der Waals surface area contributed by atoms with Gasteiger partial charge in [0.15, 0.2) is 5.65 Å². The maximum atomic E-state index is 12.1. The van der Waals surface area contributed by atoms with Gasteiger partial charge in [-0.15, -0.1) is 0 Å². The summed E-state index contributed by atoms with van der Waals surface area (Å²) in [6, 6.07) is 4.24. The van der Waals surface area contributed by atoms with Crippen molar-refractivity contribution in [3.63, 3.8) is 0 Å². The van der Waals surface area contributed by atoms with Gasteiger partial charge in [0.2, 0.25) is 0 Å². The number of nitrogens with zero attached hydrogens (tertiary/aromatic N) is 3. The highest BCUT2D eigenvalue weighted by molar-refractivity contribution is 5.57. The average Bonchev–Trinajstić information content (AvgIpc) is 3.01. The SMILES string of the molecule is FCCNc1cc(NC2CC2)n2nccc2n1. The minimum absolute atomic E-state index is 0.278. The van der Waals surface area contributed by atoms with Crippen molar-refractivity contribution in [2.75, 3.05) is 23.9 Å². The Bertz CT molecular complexity index is 520. The standard InChI is InChI=1S/C11H14FN5/c12-4-6-13-9-7-11(15-8-1-2-8)17-10(16-9)3-5-14-17/h3,5,7-8,15H,1-2,4,6H2,(H,13,16). The Morgan fingerprint density at radius 1 is 1.47 bits per heavy atom. The molecule has 1 saturated carbocycles. The molecule has 1 aliphatic carbocycles. The molecule has 0 spiro atoms. The fourth-order valence-corrected chi connectivity index (χ4v) is 1.72. The Balaban J connectivity index is 1.94. The summed E-state index contributed by atoms with van der Waals surface area (Å²) in [7, 11) is 0. The highest BCUT2D eigenvalue weighted by atomic mass is 19.1. The Morgan fingerprint density at radius 2 is 2.35 bits per heavy atom. The molecule has 5 nitrogen and oxygen atoms in total. The third-order valence-corrected chi connectivity index (χ3v) is 2.69. The predicted octanol–water partition coefficient (Wildman–Crippen LogP) is 1.68. The molecular weight excluding hydrogens is 221 g/mol. The molecule has 17 heavy (non-hydrogen) atoms. The van der Waals surface area contributed by atoms with E-state index >= 15 is 0 Å². The molecule has 0 bridgehead atoms. The summed E-state index contributed by atoms with van der Waals surface area (Å²) < 4.78 is 13.9. The lowest BCUT2D eigenvalue weighted by Crippen LogP contribution is -2.11. The van der Waals surface area contributed by atoms with Gasteiger partial charge >= 0.3 is 0 Å². The van der Waals surface area contributed by atoms with E-state index in [2.05, 4.69) is 20.7 Å². The van der Waals surface area contributed by atoms with Crippen LogP contribution in [0.3, 0.4) is 0 Å². The second-order valence-corrected chi connectivity index (χ2v) is 4.16. The number of hydrogen-bond acceptors (Lipinski definition) is 4. The number of hydrogen-bond donors (Lipinski definition) is 2. The Hall–Kier alpha value is -1.85. The lowest BCUT2D eigenvalue weighted by molar-refractivity contribution is 0.512. The van der Waals surface area contributed by atoms with Crippen LogP contribution in [-0.2, 0) is 0 Å². The van der Waals surface area contributed by atoms with Crippen molar-refractivity contribution < 1.29 is 4.39 Å². The van der Waals surface area contributed by atoms with E-state index in [1.165, 1.54) is 12.8 Å². The van der Waals surface area contributed by atoms with Crippen molar-refractivity contribution >= 4 is 17.3 Å². The van der Waals surface area contributed by atoms with E-state index in [9.17, 15) is 4.39 Å². The minimum atomic E-state index is -0.405. The van der Waals surface area contributed by atoms with Gasteiger partial charge < -0.3 is 10.6 Å². The van der Waals surface area contributed by atoms with E-state index in [1.54, 1.807) is 10.7 Å². The van der Waals surface area contributed by atoms with Crippen molar-refractivity contribution in [3.8, 4) is 0 Å². The van der Waals surface area contributed by atoms with Gasteiger partial charge in [-0.25, -0.2) is 9.37 Å². The largest absolute Gasteiger partial charge is 0.367 e. The van der Waals surface area contributed by atoms with Crippen LogP contribution in [0.25, 0.3) is 5.65 Å². The molecule has 2 aromatic rings. The number of aromatic nitrogens is 3. The van der Waals surface area contributed by atoms with Crippen LogP contribution in [0.4, 0.5) is 16.0 Å². The summed E-state index contributed by atoms with van der Waals surface area (Å²) in [6.45, 7) is -0.127. The molecule has 1 fully saturated rings. The van der Waals surface area contributed by atoms with Crippen LogP contribution in [-0.4, -0.2) is 33.9 Å². The Labute approximate surface area is 98.0 Å². The van der Waals surface area contributed by atoms with Crippen LogP contribution in [0.5, 0.6) is 0 Å². The number of rotatable bonds is 5. The smallest absolute Gasteiger partial charge is 0.159 e. The Morgan fingerprint density at radius 3 is 3.12 bits per heavy atom. The molecular formula is C11H14FN5. The molecule has 90 valence electrons. The van der Waals surface area contributed by atoms with E-state index in [0.29, 0.717) is 11.9 Å². The normalized spacial score (nSPS) is 15.1. The fourth-order valence-electron chi connectivity index (χ4n) is 1.72. The second-order valence-electron chi connectivity index (χ2n) is 4.16. The van der Waals surface area contributed by atoms with E-state index < -0.39 is 6.67 Å². The first-order valence-electron chi connectivity index (χ1n) is 5.78. The molecule has 0 amide bonds. The fraction of sp³-hybridized carbons (Fsp3) is 0.455. The van der Waals surface area contributed by atoms with Crippen molar-refractivity contribution in [1.29, 1.82) is 0 Å². The zero-order chi connectivity index (χ0) is 11.7. The molecule has 2 N–H and O–H groups in total. The topological polar surface area (TPSA) is 54.2 Å². The second kappa shape index (κ2) is 4.20. The Kier molecular flexibility index (Phi) is 2.55. The predicted molar refractivity (Wildman–Crippen MR) is 64.1 cm³/mol. The quantitative estimate of drug-likeness (QED) is 0.828. The molecule has 0 saturated heterocycles. The molecule has 0 unspecified atom stereocenters. The number of fused-ring (bicyclic) bond motifs is 1. The van der Waals surface area contributed by atoms with Crippen molar-refractivity contribution in [2.24, 2.45) is 0 Å². The molecule has 0 radical (unpaired) electrons. The number of alkyl halides is 1. The van der Waals surface area contributed by atoms with Gasteiger partial charge in [0.05, 0.1) is 6.20 Å². The summed E-state index contributed by atoms with van der Waals surface area (Å²) in [4.78, 5) is 4.34. The molecule has 3 rings (SSSR count). The third-order valence-electron chi connectivity index (χ3n) is 2.69. The van der Waals surface area contributed by atoms with Crippen LogP contribution in [0, 0.1) is 0 Å². The number of halogens is 1. The van der Waals surface area contributed by atoms with Gasteiger partial charge in [0.25, 0.3) is 0 Å². The molecule has 2 aromatic heterocycles. The first-order chi connectivity index (χ1) is 8.36. The zero-order valence-corrected chi connectivity index (χ0v) is 9.36. The highest BCUT2D eigenvalue weighted by Gasteiger charge is 2.22. The number of anilines is 2. The van der Waals surface area contributed by atoms with E-state index in [0.717, 1.165) is 11.5 Å². The zero-order valence-electron chi connectivity index (χ0n) is 9.36. The summed E-state index contributed by atoms with van der Waals surface area (Å²) in [5.41, 5.74) is 0.761. The first-order valence-corrected chi connectivity index (χ1v) is 5.78. The van der Waals surface area contributed by atoms with Crippen LogP contribution in [0.2, 0.25) is 0 Å². The van der Waals surface area contributed by atoms with Gasteiger partial charge in [0.1, 0.15) is 18.3 Å². The van der Waals surface area contributed by atoms with Gasteiger partial charge in [-0.1, -0.05) is 0 Å². The van der Waals surface area contributed by atoms with E-state index in [1.807, 2.05) is 12.1 Å². The van der Waals surface area contributed by atoms with Gasteiger partial charge in [-0.3, -0.25) is 0 Å². The monoisotopic (exact) mass is 235 g/mol. The van der Waals surface area contributed by atoms with Crippen molar-refractivity contribution in [1.82, 2.24) is 14.6 Å². The maximum absolute atomic E-state index is 12.1. The summed E-state index contributed by atoms with van der Waals surface area (Å²) in [5, 5.41) is 10.5. The lowest BCUT2D eigenvalue weighted by Gasteiger charge is -2.10. The van der Waals surface area contributed by atoms with Gasteiger partial charge in [-0.2, -0.15) is 9.61 Å². The van der Waals surface area contributed by atoms with Crippen LogP contribution in [0.15, 0.2) is 18.3 Å². The van der Waals surface area contributed by atoms with E-state index in [-0.39, 0.29) is 6.54 Å². The molecule has 0 atom stereocenters. The summed E-state index contributed by atoms with van der Waals surface area (Å²) in [5.74, 6) is 1.59. The number of nitrogens with one attached hydrogen (secondary N) is 2. The minimum Gasteiger partial charge on any atom is -0.367 e. The molecule has 0 aliphatic heterocycles. The van der Waals surface area contributed by atoms with Crippen LogP contribution < -0.4 is 10.6 Å². The first kappa shape index (κ1) is 10.3. The average molecular weight is 235 g/mol. The summed E-state index contributed by atoms with van der Waals surface area (Å²) in [6.07, 6.45) is 4.09. The van der Waals surface area contributed by atoms with Crippen LogP contribution >= 0.6 is 0 Å². The maximum Gasteiger partial charge on any atom is 0.159 e. The van der Waals surface area contributed by atoms with Gasteiger partial charge in [-0.05, 0) is 12.8 Å². The van der Waals surface area contributed by atoms with Gasteiger partial charge in [0, 0.05) is 24.7 Å². The summed E-state index contributed by atoms with van der Waals surface area (Å²) >= 11 is 0. The molecule has 0 aromatic carbocycles. The van der Waals surface area contributed by atoms with Crippen LogP contribution in [0.1, 0.15) is 12.8 Å². The highest BCUT2D eigenvalue weighted by Crippen LogP contribution is 2.25. The van der Waals surface area contributed by atoms with Crippen molar-refractivity contribution in [3.05, 3.63) is 18.3 Å². The third kappa shape index (κ3) is 2.15. The molecule has 6 heteroatoms. The van der Waals surface area contributed by atoms with E-state index in [4.69, 9.17) is 0 Å². The van der Waals surface area contributed by atoms with Crippen molar-refractivity contribution in [2.45, 2.75) is 18.9 Å². The molecule has 1 aliphatic rings. The molecule has 2 heterocycles.